The van der Waals surface area contributed by atoms with E-state index < -0.39 is 5.97 Å². The molecule has 1 aliphatic carbocycles. The number of amides is 1. The van der Waals surface area contributed by atoms with Gasteiger partial charge < -0.3 is 19.5 Å². The van der Waals surface area contributed by atoms with Gasteiger partial charge in [0.15, 0.2) is 18.1 Å². The van der Waals surface area contributed by atoms with Crippen molar-refractivity contribution in [3.8, 4) is 11.5 Å². The molecule has 0 fully saturated rings. The summed E-state index contributed by atoms with van der Waals surface area (Å²) in [7, 11) is 2.78. The van der Waals surface area contributed by atoms with Crippen molar-refractivity contribution in [2.24, 2.45) is 0 Å². The maximum atomic E-state index is 12.9. The third-order valence-corrected chi connectivity index (χ3v) is 5.43. The first-order chi connectivity index (χ1) is 13.9. The largest absolute Gasteiger partial charge is 0.493 e. The molecule has 0 radical (unpaired) electrons. The Morgan fingerprint density at radius 1 is 1.10 bits per heavy atom. The van der Waals surface area contributed by atoms with E-state index in [4.69, 9.17) is 9.47 Å². The molecule has 29 heavy (non-hydrogen) atoms. The molecule has 0 saturated carbocycles. The second kappa shape index (κ2) is 8.55. The Labute approximate surface area is 171 Å². The van der Waals surface area contributed by atoms with Crippen LogP contribution in [0.5, 0.6) is 11.5 Å². The highest BCUT2D eigenvalue weighted by atomic mass is 16.6. The number of hydrogen-bond donors (Lipinski definition) is 1. The van der Waals surface area contributed by atoms with E-state index in [1.807, 2.05) is 12.1 Å². The molecule has 1 amide bonds. The minimum Gasteiger partial charge on any atom is -0.493 e. The van der Waals surface area contributed by atoms with Gasteiger partial charge in [-0.2, -0.15) is 0 Å². The zero-order valence-electron chi connectivity index (χ0n) is 17.3. The monoisotopic (exact) mass is 397 g/mol. The fraction of sp³-hybridized carbons (Fsp3) is 0.391. The van der Waals surface area contributed by atoms with Crippen molar-refractivity contribution in [1.29, 1.82) is 0 Å². The van der Waals surface area contributed by atoms with Crippen molar-refractivity contribution in [2.75, 3.05) is 20.8 Å². The van der Waals surface area contributed by atoms with Gasteiger partial charge >= 0.3 is 5.97 Å². The van der Waals surface area contributed by atoms with E-state index in [1.165, 1.54) is 25.3 Å². The number of methoxy groups -OCH3 is 2. The maximum Gasteiger partial charge on any atom is 0.343 e. The Morgan fingerprint density at radius 2 is 1.86 bits per heavy atom. The Kier molecular flexibility index (Phi) is 6.11. The van der Waals surface area contributed by atoms with E-state index in [2.05, 4.69) is 36.0 Å². The number of rotatable bonds is 6. The summed E-state index contributed by atoms with van der Waals surface area (Å²) >= 11 is 0. The fourth-order valence-corrected chi connectivity index (χ4v) is 3.73. The summed E-state index contributed by atoms with van der Waals surface area (Å²) in [4.78, 5) is 24.2. The van der Waals surface area contributed by atoms with Crippen LogP contribution in [-0.4, -0.2) is 32.7 Å². The van der Waals surface area contributed by atoms with E-state index in [0.29, 0.717) is 17.1 Å². The summed E-state index contributed by atoms with van der Waals surface area (Å²) in [6.45, 7) is 4.25. The molecule has 0 heterocycles. The zero-order chi connectivity index (χ0) is 21.0. The van der Waals surface area contributed by atoms with Gasteiger partial charge in [-0.1, -0.05) is 38.1 Å². The number of benzene rings is 2. The summed E-state index contributed by atoms with van der Waals surface area (Å²) in [5, 5.41) is 3.15. The standard InChI is InChI=1S/C23H27NO5/c1-23(2)12-11-18(16-7-5-6-8-17(16)23)24-22(26)15-9-10-19(20(13-15)27-3)29-14-21(25)28-4/h5-10,13,18H,11-12,14H2,1-4H3,(H,24,26). The molecule has 1 unspecified atom stereocenters. The lowest BCUT2D eigenvalue weighted by atomic mass is 9.71. The number of hydrogen-bond acceptors (Lipinski definition) is 5. The predicted octanol–water partition coefficient (Wildman–Crippen LogP) is 3.79. The van der Waals surface area contributed by atoms with Crippen molar-refractivity contribution >= 4 is 11.9 Å². The number of nitrogens with one attached hydrogen (secondary N) is 1. The Morgan fingerprint density at radius 3 is 2.59 bits per heavy atom. The first-order valence-corrected chi connectivity index (χ1v) is 9.63. The molecular formula is C23H27NO5. The smallest absolute Gasteiger partial charge is 0.343 e. The Bertz CT molecular complexity index is 906. The third-order valence-electron chi connectivity index (χ3n) is 5.43. The van der Waals surface area contributed by atoms with E-state index in [-0.39, 0.29) is 24.0 Å². The lowest BCUT2D eigenvalue weighted by Gasteiger charge is -2.37. The minimum absolute atomic E-state index is 0.0343. The van der Waals surface area contributed by atoms with Gasteiger partial charge in [0.25, 0.3) is 5.91 Å². The number of esters is 1. The van der Waals surface area contributed by atoms with Crippen LogP contribution in [0.3, 0.4) is 0 Å². The van der Waals surface area contributed by atoms with Crippen LogP contribution in [0, 0.1) is 0 Å². The van der Waals surface area contributed by atoms with Gasteiger partial charge in [0.1, 0.15) is 0 Å². The summed E-state index contributed by atoms with van der Waals surface area (Å²) in [6, 6.07) is 13.1. The highest BCUT2D eigenvalue weighted by Crippen LogP contribution is 2.41. The molecule has 1 N–H and O–H groups in total. The van der Waals surface area contributed by atoms with E-state index in [1.54, 1.807) is 18.2 Å². The maximum absolute atomic E-state index is 12.9. The summed E-state index contributed by atoms with van der Waals surface area (Å²) in [5.41, 5.74) is 3.01. The second-order valence-electron chi connectivity index (χ2n) is 7.77. The van der Waals surface area contributed by atoms with Crippen LogP contribution >= 0.6 is 0 Å². The normalized spacial score (nSPS) is 17.0. The fourth-order valence-electron chi connectivity index (χ4n) is 3.73. The van der Waals surface area contributed by atoms with Crippen molar-refractivity contribution in [1.82, 2.24) is 5.32 Å². The third kappa shape index (κ3) is 4.53. The second-order valence-corrected chi connectivity index (χ2v) is 7.77. The van der Waals surface area contributed by atoms with Gasteiger partial charge in [-0.3, -0.25) is 4.79 Å². The molecule has 0 saturated heterocycles. The Balaban J connectivity index is 1.77. The van der Waals surface area contributed by atoms with E-state index >= 15 is 0 Å². The highest BCUT2D eigenvalue weighted by Gasteiger charge is 2.33. The topological polar surface area (TPSA) is 73.9 Å². The SMILES string of the molecule is COC(=O)COc1ccc(C(=O)NC2CCC(C)(C)c3ccccc32)cc1OC. The average molecular weight is 397 g/mol. The molecule has 3 rings (SSSR count). The molecule has 1 aliphatic rings. The predicted molar refractivity (Wildman–Crippen MR) is 109 cm³/mol. The van der Waals surface area contributed by atoms with Gasteiger partial charge in [0, 0.05) is 5.56 Å². The quantitative estimate of drug-likeness (QED) is 0.751. The molecule has 0 spiro atoms. The van der Waals surface area contributed by atoms with Crippen LogP contribution < -0.4 is 14.8 Å². The minimum atomic E-state index is -0.493. The van der Waals surface area contributed by atoms with Crippen LogP contribution in [0.1, 0.15) is 54.2 Å². The number of carbonyl (C=O) groups is 2. The van der Waals surface area contributed by atoms with Crippen LogP contribution in [-0.2, 0) is 14.9 Å². The molecule has 0 bridgehead atoms. The average Bonchev–Trinajstić information content (AvgIpc) is 2.74. The van der Waals surface area contributed by atoms with Crippen molar-refractivity contribution in [2.45, 2.75) is 38.1 Å². The molecule has 0 aliphatic heterocycles. The van der Waals surface area contributed by atoms with Crippen LogP contribution in [0.15, 0.2) is 42.5 Å². The Hall–Kier alpha value is -3.02. The number of carbonyl (C=O) groups excluding carboxylic acids is 2. The molecule has 6 nitrogen and oxygen atoms in total. The summed E-state index contributed by atoms with van der Waals surface area (Å²) < 4.78 is 15.3. The highest BCUT2D eigenvalue weighted by molar-refractivity contribution is 5.95. The molecule has 2 aromatic rings. The van der Waals surface area contributed by atoms with Gasteiger partial charge in [-0.25, -0.2) is 4.79 Å². The van der Waals surface area contributed by atoms with Crippen LogP contribution in [0.25, 0.3) is 0 Å². The van der Waals surface area contributed by atoms with Crippen LogP contribution in [0.4, 0.5) is 0 Å². The number of fused-ring (bicyclic) bond motifs is 1. The first-order valence-electron chi connectivity index (χ1n) is 9.63. The van der Waals surface area contributed by atoms with E-state index in [9.17, 15) is 9.59 Å². The molecule has 154 valence electrons. The lowest BCUT2D eigenvalue weighted by Crippen LogP contribution is -2.35. The van der Waals surface area contributed by atoms with Gasteiger partial charge in [0.05, 0.1) is 20.3 Å². The van der Waals surface area contributed by atoms with Gasteiger partial charge in [-0.05, 0) is 47.6 Å². The molecule has 1 atom stereocenters. The zero-order valence-corrected chi connectivity index (χ0v) is 17.3. The van der Waals surface area contributed by atoms with Crippen molar-refractivity contribution in [3.05, 3.63) is 59.2 Å². The van der Waals surface area contributed by atoms with Gasteiger partial charge in [0.2, 0.25) is 0 Å². The first kappa shape index (κ1) is 20.7. The van der Waals surface area contributed by atoms with Crippen molar-refractivity contribution < 1.29 is 23.8 Å². The molecular weight excluding hydrogens is 370 g/mol. The van der Waals surface area contributed by atoms with E-state index in [0.717, 1.165) is 12.8 Å². The van der Waals surface area contributed by atoms with Crippen molar-refractivity contribution in [3.63, 3.8) is 0 Å². The summed E-state index contributed by atoms with van der Waals surface area (Å²) in [6.07, 6.45) is 1.88. The molecule has 6 heteroatoms. The van der Waals surface area contributed by atoms with Gasteiger partial charge in [-0.15, -0.1) is 0 Å². The number of ether oxygens (including phenoxy) is 3. The molecule has 0 aromatic heterocycles. The lowest BCUT2D eigenvalue weighted by molar-refractivity contribution is -0.142. The molecule has 2 aromatic carbocycles. The van der Waals surface area contributed by atoms with Crippen LogP contribution in [0.2, 0.25) is 0 Å². The summed E-state index contributed by atoms with van der Waals surface area (Å²) in [5.74, 6) is 0.0843.